The van der Waals surface area contributed by atoms with Crippen LogP contribution in [0.5, 0.6) is 5.75 Å². The van der Waals surface area contributed by atoms with Gasteiger partial charge < -0.3 is 20.3 Å². The summed E-state index contributed by atoms with van der Waals surface area (Å²) in [6.07, 6.45) is 7.34. The minimum Gasteiger partial charge on any atom is -0.485 e. The maximum atomic E-state index is 12.6. The number of nitrogens with two attached hydrogens (primary N) is 1. The second kappa shape index (κ2) is 6.86. The standard InChI is InChI=1S/C30H42N2O4/c1-26(2,3)27(4,34)20-15-28-10-11-30(20,35-5)25-29(28)12-13-32(16-17-6-7-17)21(28)14-18-8-9-19(24(31)33)23(36-25)22(18)29/h8-9,17,20-21,25,34H,6-7,10-16H2,1-5H3,(H2,31,33)/t20-,21-,25-,27+,28-,29+,30+/m1/s1. The highest BCUT2D eigenvalue weighted by atomic mass is 16.6. The summed E-state index contributed by atoms with van der Waals surface area (Å²) in [5.74, 6) is 1.04. The van der Waals surface area contributed by atoms with Gasteiger partial charge in [0.15, 0.2) is 0 Å². The van der Waals surface area contributed by atoms with E-state index in [0.29, 0.717) is 17.4 Å². The number of fused-ring (bicyclic) bond motifs is 2. The molecule has 4 saturated carbocycles. The quantitative estimate of drug-likeness (QED) is 0.650. The van der Waals surface area contributed by atoms with Gasteiger partial charge in [-0.1, -0.05) is 26.8 Å². The summed E-state index contributed by atoms with van der Waals surface area (Å²) in [5, 5.41) is 12.3. The zero-order chi connectivity index (χ0) is 25.5. The summed E-state index contributed by atoms with van der Waals surface area (Å²) >= 11 is 0. The average molecular weight is 495 g/mol. The van der Waals surface area contributed by atoms with Crippen LogP contribution in [0.4, 0.5) is 0 Å². The lowest BCUT2D eigenvalue weighted by Crippen LogP contribution is -2.83. The van der Waals surface area contributed by atoms with Crippen molar-refractivity contribution in [2.45, 2.75) is 101 Å². The van der Waals surface area contributed by atoms with Gasteiger partial charge in [-0.2, -0.15) is 0 Å². The predicted molar refractivity (Wildman–Crippen MR) is 137 cm³/mol. The van der Waals surface area contributed by atoms with Gasteiger partial charge in [0.2, 0.25) is 0 Å². The lowest BCUT2D eigenvalue weighted by atomic mass is 9.33. The summed E-state index contributed by atoms with van der Waals surface area (Å²) in [7, 11) is 1.81. The molecule has 1 amide bonds. The molecule has 5 aliphatic carbocycles. The summed E-state index contributed by atoms with van der Waals surface area (Å²) in [6.45, 7) is 10.7. The molecule has 0 unspecified atom stereocenters. The van der Waals surface area contributed by atoms with Gasteiger partial charge in [0.1, 0.15) is 17.5 Å². The number of hydrogen-bond donors (Lipinski definition) is 2. The first-order valence-corrected chi connectivity index (χ1v) is 14.1. The summed E-state index contributed by atoms with van der Waals surface area (Å²) in [6, 6.07) is 4.45. The Kier molecular flexibility index (Phi) is 4.48. The maximum absolute atomic E-state index is 12.6. The van der Waals surface area contributed by atoms with E-state index in [1.54, 1.807) is 0 Å². The lowest BCUT2D eigenvalue weighted by Gasteiger charge is -2.75. The van der Waals surface area contributed by atoms with Gasteiger partial charge >= 0.3 is 0 Å². The normalized spacial score (nSPS) is 42.0. The number of methoxy groups -OCH3 is 1. The van der Waals surface area contributed by atoms with Crippen molar-refractivity contribution in [2.24, 2.45) is 28.4 Å². The Morgan fingerprint density at radius 1 is 1.22 bits per heavy atom. The van der Waals surface area contributed by atoms with Crippen LogP contribution in [0.3, 0.4) is 0 Å². The molecular weight excluding hydrogens is 452 g/mol. The Hall–Kier alpha value is -1.63. The molecule has 4 bridgehead atoms. The van der Waals surface area contributed by atoms with Crippen molar-refractivity contribution in [3.8, 4) is 5.75 Å². The van der Waals surface area contributed by atoms with Crippen LogP contribution in [-0.4, -0.2) is 59.5 Å². The second-order valence-electron chi connectivity index (χ2n) is 14.2. The molecule has 6 nitrogen and oxygen atoms in total. The van der Waals surface area contributed by atoms with Gasteiger partial charge in [0.05, 0.1) is 11.2 Å². The van der Waals surface area contributed by atoms with E-state index in [-0.39, 0.29) is 28.3 Å². The predicted octanol–water partition coefficient (Wildman–Crippen LogP) is 3.81. The van der Waals surface area contributed by atoms with Gasteiger partial charge in [-0.05, 0) is 81.4 Å². The molecule has 1 saturated heterocycles. The van der Waals surface area contributed by atoms with Crippen LogP contribution in [0.2, 0.25) is 0 Å². The monoisotopic (exact) mass is 494 g/mol. The Morgan fingerprint density at radius 2 is 1.97 bits per heavy atom. The molecule has 6 heteroatoms. The Labute approximate surface area is 214 Å². The number of primary amides is 1. The first-order chi connectivity index (χ1) is 16.9. The van der Waals surface area contributed by atoms with Crippen molar-refractivity contribution < 1.29 is 19.4 Å². The fourth-order valence-electron chi connectivity index (χ4n) is 9.79. The molecule has 7 atom stereocenters. The number of nitrogens with zero attached hydrogens (tertiary/aromatic N) is 1. The Balaban J connectivity index is 1.49. The number of hydrogen-bond acceptors (Lipinski definition) is 5. The number of ether oxygens (including phenoxy) is 2. The average Bonchev–Trinajstić information content (AvgIpc) is 3.56. The van der Waals surface area contributed by atoms with Crippen molar-refractivity contribution in [1.82, 2.24) is 4.90 Å². The topological polar surface area (TPSA) is 85.0 Å². The van der Waals surface area contributed by atoms with Crippen LogP contribution in [0, 0.1) is 22.7 Å². The van der Waals surface area contributed by atoms with Crippen LogP contribution in [0.25, 0.3) is 0 Å². The molecule has 2 aliphatic heterocycles. The van der Waals surface area contributed by atoms with Crippen LogP contribution in [-0.2, 0) is 16.6 Å². The largest absolute Gasteiger partial charge is 0.485 e. The Morgan fingerprint density at radius 3 is 2.61 bits per heavy atom. The molecule has 2 spiro atoms. The van der Waals surface area contributed by atoms with Crippen molar-refractivity contribution in [3.05, 3.63) is 28.8 Å². The molecular formula is C30H42N2O4. The van der Waals surface area contributed by atoms with Gasteiger partial charge in [-0.15, -0.1) is 0 Å². The van der Waals surface area contributed by atoms with Gasteiger partial charge in [-0.3, -0.25) is 9.69 Å². The molecule has 1 aromatic carbocycles. The molecule has 1 aromatic rings. The van der Waals surface area contributed by atoms with E-state index < -0.39 is 17.1 Å². The van der Waals surface area contributed by atoms with Gasteiger partial charge in [0, 0.05) is 42.0 Å². The molecule has 196 valence electrons. The molecule has 8 rings (SSSR count). The first-order valence-electron chi connectivity index (χ1n) is 14.1. The lowest BCUT2D eigenvalue weighted by molar-refractivity contribution is -0.312. The second-order valence-corrected chi connectivity index (χ2v) is 14.2. The number of likely N-dealkylation sites (tertiary alicyclic amines) is 1. The van der Waals surface area contributed by atoms with Crippen LogP contribution in [0.1, 0.15) is 87.7 Å². The van der Waals surface area contributed by atoms with Crippen LogP contribution < -0.4 is 10.5 Å². The molecule has 36 heavy (non-hydrogen) atoms. The zero-order valence-corrected chi connectivity index (χ0v) is 22.5. The fourth-order valence-corrected chi connectivity index (χ4v) is 9.79. The highest BCUT2D eigenvalue weighted by molar-refractivity contribution is 5.97. The van der Waals surface area contributed by atoms with Crippen molar-refractivity contribution in [1.29, 1.82) is 0 Å². The minimum absolute atomic E-state index is 0.0144. The van der Waals surface area contributed by atoms with Crippen LogP contribution >= 0.6 is 0 Å². The van der Waals surface area contributed by atoms with E-state index in [2.05, 4.69) is 31.7 Å². The third-order valence-corrected chi connectivity index (χ3v) is 12.1. The molecule has 0 radical (unpaired) electrons. The van der Waals surface area contributed by atoms with Gasteiger partial charge in [-0.25, -0.2) is 0 Å². The molecule has 0 aromatic heterocycles. The van der Waals surface area contributed by atoms with Crippen molar-refractivity contribution >= 4 is 5.91 Å². The van der Waals surface area contributed by atoms with E-state index in [9.17, 15) is 9.90 Å². The van der Waals surface area contributed by atoms with E-state index in [0.717, 1.165) is 44.6 Å². The van der Waals surface area contributed by atoms with Crippen LogP contribution in [0.15, 0.2) is 12.1 Å². The highest BCUT2D eigenvalue weighted by Crippen LogP contribution is 2.77. The Bertz CT molecular complexity index is 1150. The number of benzene rings is 1. The van der Waals surface area contributed by atoms with E-state index in [4.69, 9.17) is 15.2 Å². The molecule has 7 aliphatic rings. The number of carbonyl (C=O) groups is 1. The third kappa shape index (κ3) is 2.48. The van der Waals surface area contributed by atoms with E-state index >= 15 is 0 Å². The third-order valence-electron chi connectivity index (χ3n) is 12.1. The van der Waals surface area contributed by atoms with E-state index in [1.807, 2.05) is 20.1 Å². The van der Waals surface area contributed by atoms with Gasteiger partial charge in [0.25, 0.3) is 5.91 Å². The summed E-state index contributed by atoms with van der Waals surface area (Å²) in [4.78, 5) is 15.4. The number of aliphatic hydroxyl groups is 1. The highest BCUT2D eigenvalue weighted by Gasteiger charge is 2.82. The fraction of sp³-hybridized carbons (Fsp3) is 0.767. The first kappa shape index (κ1) is 23.5. The summed E-state index contributed by atoms with van der Waals surface area (Å²) < 4.78 is 13.6. The number of rotatable bonds is 5. The minimum atomic E-state index is -0.946. The molecule has 5 fully saturated rings. The SMILES string of the molecule is CO[C@@]12CC[C@@]3(C[C@@H]1[C@](C)(O)C(C)(C)C)[C@H]1Cc4ccc(C(N)=O)c5c4[C@@]3(CCN1CC1CC1)[C@H]2O5. The van der Waals surface area contributed by atoms with Crippen molar-refractivity contribution in [3.63, 3.8) is 0 Å². The molecule has 2 heterocycles. The summed E-state index contributed by atoms with van der Waals surface area (Å²) in [5.41, 5.74) is 6.86. The number of amides is 1. The van der Waals surface area contributed by atoms with E-state index in [1.165, 1.54) is 30.5 Å². The zero-order valence-electron chi connectivity index (χ0n) is 22.5. The molecule has 3 N–H and O–H groups in total. The maximum Gasteiger partial charge on any atom is 0.252 e. The number of piperidine rings is 1. The number of carbonyl (C=O) groups excluding carboxylic acids is 1. The van der Waals surface area contributed by atoms with Crippen molar-refractivity contribution in [2.75, 3.05) is 20.2 Å². The smallest absolute Gasteiger partial charge is 0.252 e.